The van der Waals surface area contributed by atoms with Crippen LogP contribution in [0.1, 0.15) is 37.4 Å². The number of carbonyl (C=O) groups excluding carboxylic acids is 1. The minimum absolute atomic E-state index is 0.104. The van der Waals surface area contributed by atoms with Crippen LogP contribution in [0.25, 0.3) is 0 Å². The molecule has 0 aliphatic carbocycles. The molecular weight excluding hydrogens is 323 g/mol. The van der Waals surface area contributed by atoms with Crippen LogP contribution in [0.2, 0.25) is 0 Å². The molecule has 25 heavy (non-hydrogen) atoms. The molecule has 2 saturated heterocycles. The molecule has 0 radical (unpaired) electrons. The number of piperidine rings is 1. The third kappa shape index (κ3) is 5.00. The van der Waals surface area contributed by atoms with Gasteiger partial charge in [0, 0.05) is 26.2 Å². The van der Waals surface area contributed by atoms with E-state index in [2.05, 4.69) is 5.32 Å². The highest BCUT2D eigenvalue weighted by Crippen LogP contribution is 2.30. The highest BCUT2D eigenvalue weighted by Gasteiger charge is 2.28. The summed E-state index contributed by atoms with van der Waals surface area (Å²) in [6, 6.07) is 6.01. The number of amides is 1. The summed E-state index contributed by atoms with van der Waals surface area (Å²) in [5.41, 5.74) is 0.740. The van der Waals surface area contributed by atoms with Gasteiger partial charge in [-0.2, -0.15) is 0 Å². The van der Waals surface area contributed by atoms with E-state index in [1.54, 1.807) is 12.1 Å². The number of likely N-dealkylation sites (tertiary alicyclic amines) is 1. The molecular formula is C19H27FN2O3. The average molecular weight is 350 g/mol. The fraction of sp³-hybridized carbons (Fsp3) is 0.632. The van der Waals surface area contributed by atoms with Gasteiger partial charge in [-0.3, -0.25) is 4.79 Å². The van der Waals surface area contributed by atoms with Crippen LogP contribution in [0.15, 0.2) is 24.3 Å². The fourth-order valence-corrected chi connectivity index (χ4v) is 3.65. The Hall–Kier alpha value is -1.50. The van der Waals surface area contributed by atoms with Gasteiger partial charge in [0.25, 0.3) is 0 Å². The van der Waals surface area contributed by atoms with Gasteiger partial charge in [-0.25, -0.2) is 4.39 Å². The Balaban J connectivity index is 1.40. The second kappa shape index (κ2) is 8.74. The molecule has 2 N–H and O–H groups in total. The summed E-state index contributed by atoms with van der Waals surface area (Å²) in [4.78, 5) is 14.1. The Bertz CT molecular complexity index is 552. The molecule has 5 nitrogen and oxygen atoms in total. The minimum Gasteiger partial charge on any atom is -0.388 e. The first-order chi connectivity index (χ1) is 12.1. The molecule has 1 aromatic rings. The van der Waals surface area contributed by atoms with Crippen molar-refractivity contribution in [3.63, 3.8) is 0 Å². The Morgan fingerprint density at radius 1 is 1.28 bits per heavy atom. The van der Waals surface area contributed by atoms with Crippen LogP contribution < -0.4 is 5.32 Å². The Morgan fingerprint density at radius 3 is 2.64 bits per heavy atom. The normalized spacial score (nSPS) is 23.0. The summed E-state index contributed by atoms with van der Waals surface area (Å²) in [7, 11) is 0. The van der Waals surface area contributed by atoms with Gasteiger partial charge >= 0.3 is 0 Å². The monoisotopic (exact) mass is 350 g/mol. The summed E-state index contributed by atoms with van der Waals surface area (Å²) < 4.78 is 18.5. The molecule has 2 fully saturated rings. The number of aliphatic hydroxyl groups excluding tert-OH is 1. The summed E-state index contributed by atoms with van der Waals surface area (Å²) in [6.07, 6.45) is 3.32. The standard InChI is InChI=1S/C19H27FN2O3/c20-16-5-3-14(4-6-16)19(24)15-7-9-22(10-8-15)18(23)13-21-12-17-2-1-11-25-17/h3-6,15,17,19,21,24H,1-2,7-13H2/t17-,19+/m0/s1. The van der Waals surface area contributed by atoms with Crippen molar-refractivity contribution in [1.82, 2.24) is 10.2 Å². The number of benzene rings is 1. The third-order valence-corrected chi connectivity index (χ3v) is 5.22. The molecule has 0 bridgehead atoms. The second-order valence-electron chi connectivity index (χ2n) is 6.98. The van der Waals surface area contributed by atoms with E-state index in [1.807, 2.05) is 4.90 Å². The van der Waals surface area contributed by atoms with E-state index in [4.69, 9.17) is 4.74 Å². The molecule has 138 valence electrons. The van der Waals surface area contributed by atoms with Crippen molar-refractivity contribution in [2.75, 3.05) is 32.8 Å². The number of nitrogens with one attached hydrogen (secondary N) is 1. The maximum absolute atomic E-state index is 13.0. The minimum atomic E-state index is -0.601. The molecule has 6 heteroatoms. The zero-order valence-electron chi connectivity index (χ0n) is 14.5. The molecule has 3 rings (SSSR count). The van der Waals surface area contributed by atoms with E-state index in [0.29, 0.717) is 19.6 Å². The molecule has 1 aromatic carbocycles. The van der Waals surface area contributed by atoms with Crippen molar-refractivity contribution in [2.24, 2.45) is 5.92 Å². The lowest BCUT2D eigenvalue weighted by molar-refractivity contribution is -0.132. The molecule has 0 unspecified atom stereocenters. The van der Waals surface area contributed by atoms with E-state index in [1.165, 1.54) is 12.1 Å². The van der Waals surface area contributed by atoms with Crippen molar-refractivity contribution < 1.29 is 19.0 Å². The Labute approximate surface area is 148 Å². The first-order valence-electron chi connectivity index (χ1n) is 9.17. The summed E-state index contributed by atoms with van der Waals surface area (Å²) >= 11 is 0. The molecule has 0 saturated carbocycles. The highest BCUT2D eigenvalue weighted by atomic mass is 19.1. The van der Waals surface area contributed by atoms with Gasteiger partial charge < -0.3 is 20.1 Å². The lowest BCUT2D eigenvalue weighted by Crippen LogP contribution is -2.44. The van der Waals surface area contributed by atoms with Crippen molar-refractivity contribution in [3.05, 3.63) is 35.6 Å². The van der Waals surface area contributed by atoms with Crippen molar-refractivity contribution >= 4 is 5.91 Å². The molecule has 2 aliphatic rings. The zero-order chi connectivity index (χ0) is 17.6. The maximum Gasteiger partial charge on any atom is 0.236 e. The summed E-state index contributed by atoms with van der Waals surface area (Å²) in [5.74, 6) is -0.0889. The number of rotatable bonds is 6. The quantitative estimate of drug-likeness (QED) is 0.822. The molecule has 0 aromatic heterocycles. The lowest BCUT2D eigenvalue weighted by atomic mass is 9.87. The van der Waals surface area contributed by atoms with E-state index >= 15 is 0 Å². The van der Waals surface area contributed by atoms with Gasteiger partial charge in [0.2, 0.25) is 5.91 Å². The zero-order valence-corrected chi connectivity index (χ0v) is 14.5. The van der Waals surface area contributed by atoms with Crippen LogP contribution in [0, 0.1) is 11.7 Å². The van der Waals surface area contributed by atoms with Gasteiger partial charge in [0.1, 0.15) is 5.82 Å². The van der Waals surface area contributed by atoms with Crippen molar-refractivity contribution in [3.8, 4) is 0 Å². The van der Waals surface area contributed by atoms with Crippen LogP contribution >= 0.6 is 0 Å². The largest absolute Gasteiger partial charge is 0.388 e. The Kier molecular flexibility index (Phi) is 6.39. The fourth-order valence-electron chi connectivity index (χ4n) is 3.65. The summed E-state index contributed by atoms with van der Waals surface area (Å²) in [5, 5.41) is 13.7. The number of halogens is 1. The second-order valence-corrected chi connectivity index (χ2v) is 6.98. The predicted molar refractivity (Wildman–Crippen MR) is 92.5 cm³/mol. The molecule has 0 spiro atoms. The van der Waals surface area contributed by atoms with Gasteiger partial charge in [0.15, 0.2) is 0 Å². The maximum atomic E-state index is 13.0. The first-order valence-corrected chi connectivity index (χ1v) is 9.17. The van der Waals surface area contributed by atoms with Gasteiger partial charge in [-0.1, -0.05) is 12.1 Å². The third-order valence-electron chi connectivity index (χ3n) is 5.22. The molecule has 1 amide bonds. The van der Waals surface area contributed by atoms with Crippen LogP contribution in [0.3, 0.4) is 0 Å². The molecule has 2 heterocycles. The van der Waals surface area contributed by atoms with Crippen LogP contribution in [0.5, 0.6) is 0 Å². The van der Waals surface area contributed by atoms with Crippen LogP contribution in [-0.4, -0.2) is 54.8 Å². The number of hydrogen-bond acceptors (Lipinski definition) is 4. The van der Waals surface area contributed by atoms with Gasteiger partial charge in [0.05, 0.1) is 18.8 Å². The van der Waals surface area contributed by atoms with E-state index in [0.717, 1.165) is 44.4 Å². The van der Waals surface area contributed by atoms with Gasteiger partial charge in [-0.15, -0.1) is 0 Å². The number of carbonyl (C=O) groups is 1. The van der Waals surface area contributed by atoms with Crippen LogP contribution in [-0.2, 0) is 9.53 Å². The average Bonchev–Trinajstić information content (AvgIpc) is 3.15. The predicted octanol–water partition coefficient (Wildman–Crippen LogP) is 1.87. The lowest BCUT2D eigenvalue weighted by Gasteiger charge is -2.34. The number of ether oxygens (including phenoxy) is 1. The Morgan fingerprint density at radius 2 is 2.00 bits per heavy atom. The smallest absolute Gasteiger partial charge is 0.236 e. The molecule has 2 aliphatic heterocycles. The number of hydrogen-bond donors (Lipinski definition) is 2. The van der Waals surface area contributed by atoms with E-state index in [9.17, 15) is 14.3 Å². The molecule has 2 atom stereocenters. The summed E-state index contributed by atoms with van der Waals surface area (Å²) in [6.45, 7) is 3.20. The van der Waals surface area contributed by atoms with E-state index in [-0.39, 0.29) is 23.7 Å². The van der Waals surface area contributed by atoms with Crippen LogP contribution in [0.4, 0.5) is 4.39 Å². The van der Waals surface area contributed by atoms with E-state index < -0.39 is 6.10 Å². The van der Waals surface area contributed by atoms with Gasteiger partial charge in [-0.05, 0) is 49.3 Å². The van der Waals surface area contributed by atoms with Crippen molar-refractivity contribution in [1.29, 1.82) is 0 Å². The highest BCUT2D eigenvalue weighted by molar-refractivity contribution is 5.78. The first kappa shape index (κ1) is 18.3. The number of nitrogens with zero attached hydrogens (tertiary/aromatic N) is 1. The topological polar surface area (TPSA) is 61.8 Å². The number of aliphatic hydroxyl groups is 1. The SMILES string of the molecule is O=C(CNC[C@@H]1CCCO1)N1CCC([C@H](O)c2ccc(F)cc2)CC1. The van der Waals surface area contributed by atoms with Crippen molar-refractivity contribution in [2.45, 2.75) is 37.9 Å².